The molecule has 9 nitrogen and oxygen atoms in total. The summed E-state index contributed by atoms with van der Waals surface area (Å²) in [5.74, 6) is 1.00. The van der Waals surface area contributed by atoms with E-state index in [1.807, 2.05) is 0 Å². The maximum Gasteiger partial charge on any atom is 0.285 e. The molecule has 2 aromatic carbocycles. The number of rotatable bonds is 6. The van der Waals surface area contributed by atoms with E-state index in [4.69, 9.17) is 9.47 Å². The van der Waals surface area contributed by atoms with E-state index in [0.717, 1.165) is 6.07 Å². The molecule has 124 valence electrons. The molecule has 0 aliphatic carbocycles. The lowest BCUT2D eigenvalue weighted by Crippen LogP contribution is -1.97. The molecule has 0 fully saturated rings. The van der Waals surface area contributed by atoms with Crippen LogP contribution in [0.1, 0.15) is 5.56 Å². The van der Waals surface area contributed by atoms with Crippen LogP contribution in [0.15, 0.2) is 41.4 Å². The van der Waals surface area contributed by atoms with E-state index in [0.29, 0.717) is 17.2 Å². The van der Waals surface area contributed by atoms with Crippen molar-refractivity contribution in [3.8, 4) is 11.5 Å². The van der Waals surface area contributed by atoms with Gasteiger partial charge in [-0.15, -0.1) is 0 Å². The summed E-state index contributed by atoms with van der Waals surface area (Å²) >= 11 is 0. The fourth-order valence-corrected chi connectivity index (χ4v) is 1.94. The minimum Gasteiger partial charge on any atom is -0.497 e. The van der Waals surface area contributed by atoms with Gasteiger partial charge in [-0.25, -0.2) is 0 Å². The number of methoxy groups -OCH3 is 2. The predicted molar refractivity (Wildman–Crippen MR) is 86.6 cm³/mol. The number of nitro groups is 2. The van der Waals surface area contributed by atoms with Gasteiger partial charge in [0.15, 0.2) is 0 Å². The second kappa shape index (κ2) is 7.18. The standard InChI is InChI=1S/C15H13N3O6/c1-23-12-5-6-13(15(8-12)24-2)16-9-10-3-4-11(17(19)20)7-14(10)18(21)22/h3-9H,1-2H3. The van der Waals surface area contributed by atoms with Crippen LogP contribution in [0.2, 0.25) is 0 Å². The second-order valence-corrected chi connectivity index (χ2v) is 4.55. The number of ether oxygens (including phenoxy) is 2. The largest absolute Gasteiger partial charge is 0.497 e. The van der Waals surface area contributed by atoms with Gasteiger partial charge >= 0.3 is 0 Å². The van der Waals surface area contributed by atoms with E-state index in [9.17, 15) is 20.2 Å². The molecule has 0 saturated heterocycles. The molecule has 0 aromatic heterocycles. The van der Waals surface area contributed by atoms with Crippen LogP contribution in [-0.2, 0) is 0 Å². The van der Waals surface area contributed by atoms with Crippen molar-refractivity contribution in [2.24, 2.45) is 4.99 Å². The molecule has 0 saturated carbocycles. The van der Waals surface area contributed by atoms with Crippen molar-refractivity contribution in [1.82, 2.24) is 0 Å². The summed E-state index contributed by atoms with van der Waals surface area (Å²) in [7, 11) is 2.97. The molecule has 0 aliphatic rings. The quantitative estimate of drug-likeness (QED) is 0.455. The fourth-order valence-electron chi connectivity index (χ4n) is 1.94. The van der Waals surface area contributed by atoms with Crippen LogP contribution in [0.5, 0.6) is 11.5 Å². The van der Waals surface area contributed by atoms with E-state index in [1.165, 1.54) is 32.6 Å². The number of nitrogens with zero attached hydrogens (tertiary/aromatic N) is 3. The van der Waals surface area contributed by atoms with Gasteiger partial charge in [0, 0.05) is 18.3 Å². The zero-order chi connectivity index (χ0) is 17.7. The molecule has 0 atom stereocenters. The maximum absolute atomic E-state index is 11.1. The Morgan fingerprint density at radius 3 is 2.33 bits per heavy atom. The molecule has 2 rings (SSSR count). The highest BCUT2D eigenvalue weighted by atomic mass is 16.6. The first-order valence-corrected chi connectivity index (χ1v) is 6.65. The van der Waals surface area contributed by atoms with Crippen molar-refractivity contribution < 1.29 is 19.3 Å². The Balaban J connectivity index is 2.42. The van der Waals surface area contributed by atoms with Crippen molar-refractivity contribution in [2.45, 2.75) is 0 Å². The maximum atomic E-state index is 11.1. The molecule has 2 aromatic rings. The molecule has 0 heterocycles. The lowest BCUT2D eigenvalue weighted by Gasteiger charge is -2.06. The first kappa shape index (κ1) is 16.9. The molecule has 0 spiro atoms. The van der Waals surface area contributed by atoms with Crippen molar-refractivity contribution >= 4 is 23.3 Å². The Morgan fingerprint density at radius 2 is 1.75 bits per heavy atom. The van der Waals surface area contributed by atoms with E-state index >= 15 is 0 Å². The van der Waals surface area contributed by atoms with E-state index in [1.54, 1.807) is 18.2 Å². The van der Waals surface area contributed by atoms with Crippen LogP contribution in [0.4, 0.5) is 17.1 Å². The van der Waals surface area contributed by atoms with Gasteiger partial charge in [-0.05, 0) is 18.2 Å². The van der Waals surface area contributed by atoms with Crippen LogP contribution < -0.4 is 9.47 Å². The monoisotopic (exact) mass is 331 g/mol. The number of nitro benzene ring substituents is 2. The highest BCUT2D eigenvalue weighted by Crippen LogP contribution is 2.32. The average Bonchev–Trinajstić information content (AvgIpc) is 2.59. The molecule has 24 heavy (non-hydrogen) atoms. The smallest absolute Gasteiger partial charge is 0.285 e. The van der Waals surface area contributed by atoms with Crippen molar-refractivity contribution in [3.63, 3.8) is 0 Å². The first-order valence-electron chi connectivity index (χ1n) is 6.65. The fraction of sp³-hybridized carbons (Fsp3) is 0.133. The van der Waals surface area contributed by atoms with Gasteiger partial charge in [-0.3, -0.25) is 25.2 Å². The lowest BCUT2D eigenvalue weighted by molar-refractivity contribution is -0.394. The van der Waals surface area contributed by atoms with Crippen LogP contribution in [0.25, 0.3) is 0 Å². The minimum atomic E-state index is -0.695. The van der Waals surface area contributed by atoms with Gasteiger partial charge in [0.2, 0.25) is 0 Å². The highest BCUT2D eigenvalue weighted by Gasteiger charge is 2.18. The first-order chi connectivity index (χ1) is 11.5. The van der Waals surface area contributed by atoms with Crippen LogP contribution in [0, 0.1) is 20.2 Å². The SMILES string of the molecule is COc1ccc(N=Cc2ccc([N+](=O)[O-])cc2[N+](=O)[O-])c(OC)c1. The summed E-state index contributed by atoms with van der Waals surface area (Å²) in [6.45, 7) is 0. The zero-order valence-corrected chi connectivity index (χ0v) is 12.8. The number of non-ortho nitro benzene ring substituents is 1. The Bertz CT molecular complexity index is 819. The Hall–Kier alpha value is -3.49. The molecular weight excluding hydrogens is 318 g/mol. The van der Waals surface area contributed by atoms with Crippen molar-refractivity contribution in [2.75, 3.05) is 14.2 Å². The summed E-state index contributed by atoms with van der Waals surface area (Å²) in [5.41, 5.74) is -0.185. The molecule has 0 bridgehead atoms. The Kier molecular flexibility index (Phi) is 5.05. The normalized spacial score (nSPS) is 10.6. The average molecular weight is 331 g/mol. The highest BCUT2D eigenvalue weighted by molar-refractivity contribution is 5.88. The Labute approximate surface area is 136 Å². The second-order valence-electron chi connectivity index (χ2n) is 4.55. The topological polar surface area (TPSA) is 117 Å². The van der Waals surface area contributed by atoms with Crippen molar-refractivity contribution in [1.29, 1.82) is 0 Å². The van der Waals surface area contributed by atoms with Crippen LogP contribution in [-0.4, -0.2) is 30.3 Å². The summed E-state index contributed by atoms with van der Waals surface area (Å²) in [6, 6.07) is 8.27. The molecule has 0 amide bonds. The van der Waals surface area contributed by atoms with E-state index in [2.05, 4.69) is 4.99 Å². The third-order valence-corrected chi connectivity index (χ3v) is 3.15. The third kappa shape index (κ3) is 3.64. The molecule has 0 radical (unpaired) electrons. The number of hydrogen-bond donors (Lipinski definition) is 0. The number of hydrogen-bond acceptors (Lipinski definition) is 7. The summed E-state index contributed by atoms with van der Waals surface area (Å²) in [4.78, 5) is 24.6. The van der Waals surface area contributed by atoms with Gasteiger partial charge in [0.05, 0.1) is 35.7 Å². The molecule has 0 N–H and O–H groups in total. The number of benzene rings is 2. The Morgan fingerprint density at radius 1 is 1.00 bits per heavy atom. The summed E-state index contributed by atoms with van der Waals surface area (Å²) < 4.78 is 10.3. The van der Waals surface area contributed by atoms with E-state index < -0.39 is 15.5 Å². The predicted octanol–water partition coefficient (Wildman–Crippen LogP) is 3.27. The van der Waals surface area contributed by atoms with Gasteiger partial charge in [-0.1, -0.05) is 0 Å². The summed E-state index contributed by atoms with van der Waals surface area (Å²) in [5, 5.41) is 21.8. The van der Waals surface area contributed by atoms with Gasteiger partial charge < -0.3 is 9.47 Å². The molecule has 0 unspecified atom stereocenters. The third-order valence-electron chi connectivity index (χ3n) is 3.15. The van der Waals surface area contributed by atoms with Crippen LogP contribution >= 0.6 is 0 Å². The van der Waals surface area contributed by atoms with Gasteiger partial charge in [0.25, 0.3) is 11.4 Å². The van der Waals surface area contributed by atoms with Gasteiger partial charge in [0.1, 0.15) is 17.2 Å². The lowest BCUT2D eigenvalue weighted by atomic mass is 10.1. The zero-order valence-electron chi connectivity index (χ0n) is 12.8. The molecule has 0 aliphatic heterocycles. The number of aliphatic imine (C=N–C) groups is 1. The molecule has 9 heteroatoms. The molecular formula is C15H13N3O6. The summed E-state index contributed by atoms with van der Waals surface area (Å²) in [6.07, 6.45) is 1.26. The minimum absolute atomic E-state index is 0.142. The van der Waals surface area contributed by atoms with Crippen LogP contribution in [0.3, 0.4) is 0 Å². The van der Waals surface area contributed by atoms with Gasteiger partial charge in [-0.2, -0.15) is 0 Å². The van der Waals surface area contributed by atoms with Crippen molar-refractivity contribution in [3.05, 3.63) is 62.2 Å². The van der Waals surface area contributed by atoms with E-state index in [-0.39, 0.29) is 11.3 Å².